The Hall–Kier alpha value is -1.14. The Balaban J connectivity index is 2.84. The SMILES string of the molecule is CNCC(O)C(O)c1ccccc1NN. The minimum Gasteiger partial charge on any atom is -0.389 e. The molecule has 5 heteroatoms. The zero-order valence-corrected chi connectivity index (χ0v) is 8.64. The number of likely N-dealkylation sites (N-methyl/N-ethyl adjacent to an activating group) is 1. The van der Waals surface area contributed by atoms with Gasteiger partial charge >= 0.3 is 0 Å². The lowest BCUT2D eigenvalue weighted by molar-refractivity contribution is 0.0206. The Kier molecular flexibility index (Phi) is 4.51. The highest BCUT2D eigenvalue weighted by Gasteiger charge is 2.19. The van der Waals surface area contributed by atoms with Gasteiger partial charge in [0, 0.05) is 12.1 Å². The van der Waals surface area contributed by atoms with E-state index < -0.39 is 12.2 Å². The summed E-state index contributed by atoms with van der Waals surface area (Å²) < 4.78 is 0. The summed E-state index contributed by atoms with van der Waals surface area (Å²) in [5, 5.41) is 22.3. The highest BCUT2D eigenvalue weighted by Crippen LogP contribution is 2.24. The third-order valence-electron chi connectivity index (χ3n) is 2.21. The van der Waals surface area contributed by atoms with Crippen molar-refractivity contribution in [2.45, 2.75) is 12.2 Å². The molecule has 2 atom stereocenters. The van der Waals surface area contributed by atoms with Crippen molar-refractivity contribution in [3.05, 3.63) is 29.8 Å². The molecule has 0 saturated carbocycles. The molecule has 0 spiro atoms. The number of hydrazine groups is 1. The van der Waals surface area contributed by atoms with Crippen molar-refractivity contribution in [2.75, 3.05) is 19.0 Å². The number of anilines is 1. The topological polar surface area (TPSA) is 90.5 Å². The molecular weight excluding hydrogens is 194 g/mol. The van der Waals surface area contributed by atoms with Gasteiger partial charge in [0.2, 0.25) is 0 Å². The summed E-state index contributed by atoms with van der Waals surface area (Å²) in [5.74, 6) is 5.30. The fraction of sp³-hybridized carbons (Fsp3) is 0.400. The van der Waals surface area contributed by atoms with Crippen molar-refractivity contribution < 1.29 is 10.2 Å². The van der Waals surface area contributed by atoms with Crippen molar-refractivity contribution in [1.82, 2.24) is 5.32 Å². The van der Waals surface area contributed by atoms with Crippen LogP contribution in [-0.4, -0.2) is 29.9 Å². The van der Waals surface area contributed by atoms with Crippen molar-refractivity contribution in [2.24, 2.45) is 5.84 Å². The zero-order chi connectivity index (χ0) is 11.3. The quantitative estimate of drug-likeness (QED) is 0.337. The molecule has 0 aliphatic carbocycles. The second-order valence-electron chi connectivity index (χ2n) is 3.30. The summed E-state index contributed by atoms with van der Waals surface area (Å²) in [6.07, 6.45) is -1.81. The van der Waals surface area contributed by atoms with Crippen LogP contribution in [-0.2, 0) is 0 Å². The predicted molar refractivity (Wildman–Crippen MR) is 59.1 cm³/mol. The third kappa shape index (κ3) is 2.90. The van der Waals surface area contributed by atoms with Gasteiger partial charge in [0.1, 0.15) is 6.10 Å². The molecule has 5 nitrogen and oxygen atoms in total. The minimum absolute atomic E-state index is 0.320. The van der Waals surface area contributed by atoms with E-state index >= 15 is 0 Å². The molecule has 0 radical (unpaired) electrons. The number of nitrogen functional groups attached to an aromatic ring is 1. The molecule has 2 unspecified atom stereocenters. The van der Waals surface area contributed by atoms with Gasteiger partial charge < -0.3 is 21.0 Å². The molecule has 6 N–H and O–H groups in total. The second kappa shape index (κ2) is 5.67. The average molecular weight is 211 g/mol. The summed E-state index contributed by atoms with van der Waals surface area (Å²) in [4.78, 5) is 0. The van der Waals surface area contributed by atoms with Crippen LogP contribution in [0.25, 0.3) is 0 Å². The fourth-order valence-electron chi connectivity index (χ4n) is 1.41. The Morgan fingerprint density at radius 1 is 1.33 bits per heavy atom. The summed E-state index contributed by atoms with van der Waals surface area (Å²) >= 11 is 0. The van der Waals surface area contributed by atoms with Crippen LogP contribution in [0.3, 0.4) is 0 Å². The minimum atomic E-state index is -0.954. The van der Waals surface area contributed by atoms with Crippen LogP contribution >= 0.6 is 0 Å². The normalized spacial score (nSPS) is 14.7. The molecule has 1 rings (SSSR count). The van der Waals surface area contributed by atoms with Crippen LogP contribution < -0.4 is 16.6 Å². The first-order valence-corrected chi connectivity index (χ1v) is 4.77. The van der Waals surface area contributed by atoms with E-state index in [2.05, 4.69) is 10.7 Å². The molecule has 1 aromatic rings. The van der Waals surface area contributed by atoms with Crippen molar-refractivity contribution in [3.8, 4) is 0 Å². The van der Waals surface area contributed by atoms with Crippen molar-refractivity contribution in [3.63, 3.8) is 0 Å². The highest BCUT2D eigenvalue weighted by molar-refractivity contribution is 5.51. The Bertz CT molecular complexity index is 306. The first-order valence-electron chi connectivity index (χ1n) is 4.77. The standard InChI is InChI=1S/C10H17N3O2/c1-12-6-9(14)10(15)7-4-2-3-5-8(7)13-11/h2-5,9-10,12-15H,6,11H2,1H3. The maximum Gasteiger partial charge on any atom is 0.108 e. The van der Waals surface area contributed by atoms with Gasteiger partial charge in [0.05, 0.1) is 11.8 Å². The molecular formula is C10H17N3O2. The van der Waals surface area contributed by atoms with Crippen molar-refractivity contribution in [1.29, 1.82) is 0 Å². The molecule has 0 amide bonds. The van der Waals surface area contributed by atoms with Gasteiger partial charge in [-0.2, -0.15) is 0 Å². The first-order chi connectivity index (χ1) is 7.20. The van der Waals surface area contributed by atoms with E-state index in [1.54, 1.807) is 31.3 Å². The Morgan fingerprint density at radius 2 is 2.00 bits per heavy atom. The van der Waals surface area contributed by atoms with Gasteiger partial charge in [-0.1, -0.05) is 18.2 Å². The average Bonchev–Trinajstić information content (AvgIpc) is 2.28. The van der Waals surface area contributed by atoms with E-state index in [-0.39, 0.29) is 0 Å². The number of aliphatic hydroxyl groups excluding tert-OH is 2. The second-order valence-corrected chi connectivity index (χ2v) is 3.30. The predicted octanol–water partition coefficient (Wildman–Crippen LogP) is -0.414. The summed E-state index contributed by atoms with van der Waals surface area (Å²) in [6, 6.07) is 7.05. The third-order valence-corrected chi connectivity index (χ3v) is 2.21. The zero-order valence-electron chi connectivity index (χ0n) is 8.64. The molecule has 0 fully saturated rings. The van der Waals surface area contributed by atoms with Gasteiger partial charge in [0.25, 0.3) is 0 Å². The Labute approximate surface area is 88.9 Å². The molecule has 0 aliphatic heterocycles. The number of hydrogen-bond acceptors (Lipinski definition) is 5. The molecule has 15 heavy (non-hydrogen) atoms. The number of para-hydroxylation sites is 1. The van der Waals surface area contributed by atoms with E-state index in [4.69, 9.17) is 5.84 Å². The van der Waals surface area contributed by atoms with Crippen LogP contribution in [0.1, 0.15) is 11.7 Å². The van der Waals surface area contributed by atoms with Crippen LogP contribution in [0.5, 0.6) is 0 Å². The molecule has 0 saturated heterocycles. The molecule has 1 aromatic carbocycles. The molecule has 84 valence electrons. The van der Waals surface area contributed by atoms with Gasteiger partial charge in [-0.05, 0) is 13.1 Å². The van der Waals surface area contributed by atoms with E-state index in [9.17, 15) is 10.2 Å². The van der Waals surface area contributed by atoms with Crippen LogP contribution in [0.4, 0.5) is 5.69 Å². The molecule has 0 bridgehead atoms. The van der Waals surface area contributed by atoms with E-state index in [1.165, 1.54) is 0 Å². The summed E-state index contributed by atoms with van der Waals surface area (Å²) in [7, 11) is 1.71. The summed E-state index contributed by atoms with van der Waals surface area (Å²) in [5.41, 5.74) is 3.68. The van der Waals surface area contributed by atoms with Gasteiger partial charge in [0.15, 0.2) is 0 Å². The van der Waals surface area contributed by atoms with Gasteiger partial charge in [-0.25, -0.2) is 0 Å². The number of benzene rings is 1. The number of nitrogens with two attached hydrogens (primary N) is 1. The largest absolute Gasteiger partial charge is 0.389 e. The van der Waals surface area contributed by atoms with E-state index in [1.807, 2.05) is 0 Å². The van der Waals surface area contributed by atoms with Crippen LogP contribution in [0, 0.1) is 0 Å². The van der Waals surface area contributed by atoms with E-state index in [0.29, 0.717) is 17.8 Å². The van der Waals surface area contributed by atoms with Gasteiger partial charge in [-0.3, -0.25) is 5.84 Å². The molecule has 0 aromatic heterocycles. The molecule has 0 heterocycles. The number of hydrogen-bond donors (Lipinski definition) is 5. The van der Waals surface area contributed by atoms with Crippen LogP contribution in [0.2, 0.25) is 0 Å². The van der Waals surface area contributed by atoms with Gasteiger partial charge in [-0.15, -0.1) is 0 Å². The van der Waals surface area contributed by atoms with Crippen LogP contribution in [0.15, 0.2) is 24.3 Å². The monoisotopic (exact) mass is 211 g/mol. The number of nitrogens with one attached hydrogen (secondary N) is 2. The van der Waals surface area contributed by atoms with Crippen molar-refractivity contribution >= 4 is 5.69 Å². The molecule has 0 aliphatic rings. The summed E-state index contributed by atoms with van der Waals surface area (Å²) in [6.45, 7) is 0.320. The fourth-order valence-corrected chi connectivity index (χ4v) is 1.41. The lowest BCUT2D eigenvalue weighted by atomic mass is 10.0. The lowest BCUT2D eigenvalue weighted by Crippen LogP contribution is -2.30. The lowest BCUT2D eigenvalue weighted by Gasteiger charge is -2.20. The maximum atomic E-state index is 9.85. The number of rotatable bonds is 5. The Morgan fingerprint density at radius 3 is 2.60 bits per heavy atom. The highest BCUT2D eigenvalue weighted by atomic mass is 16.3. The smallest absolute Gasteiger partial charge is 0.108 e. The first kappa shape index (κ1) is 11.9. The maximum absolute atomic E-state index is 9.85. The van der Waals surface area contributed by atoms with E-state index in [0.717, 1.165) is 0 Å². The number of aliphatic hydroxyl groups is 2.